The number of carboxylic acids is 1. The van der Waals surface area contributed by atoms with Crippen molar-refractivity contribution in [2.75, 3.05) is 6.61 Å². The van der Waals surface area contributed by atoms with E-state index in [2.05, 4.69) is 20.1 Å². The summed E-state index contributed by atoms with van der Waals surface area (Å²) in [6, 6.07) is 0. The van der Waals surface area contributed by atoms with Crippen LogP contribution in [0.4, 0.5) is 0 Å². The molecule has 0 radical (unpaired) electrons. The van der Waals surface area contributed by atoms with Crippen molar-refractivity contribution in [2.24, 2.45) is 0 Å². The second-order valence-electron chi connectivity index (χ2n) is 4.42. The van der Waals surface area contributed by atoms with Crippen molar-refractivity contribution in [3.05, 3.63) is 24.3 Å². The molecule has 4 heteroatoms. The third-order valence-electron chi connectivity index (χ3n) is 2.19. The molecular weight excluding hydrogens is 244 g/mol. The van der Waals surface area contributed by atoms with E-state index >= 15 is 0 Å². The van der Waals surface area contributed by atoms with Crippen molar-refractivity contribution in [3.8, 4) is 0 Å². The highest BCUT2D eigenvalue weighted by atomic mass is 16.5. The molecule has 0 aliphatic carbocycles. The summed E-state index contributed by atoms with van der Waals surface area (Å²) < 4.78 is 4.95. The molecule has 110 valence electrons. The molecule has 0 amide bonds. The van der Waals surface area contributed by atoms with E-state index in [0.717, 1.165) is 12.8 Å². The molecular formula is C15H26O4. The predicted octanol–water partition coefficient (Wildman–Crippen LogP) is 3.72. The summed E-state index contributed by atoms with van der Waals surface area (Å²) in [6.07, 6.45) is 5.87. The van der Waals surface area contributed by atoms with Gasteiger partial charge in [0.05, 0.1) is 6.61 Å². The Hall–Kier alpha value is -1.58. The number of ether oxygens (including phenoxy) is 1. The van der Waals surface area contributed by atoms with Crippen LogP contribution in [0.15, 0.2) is 24.3 Å². The summed E-state index contributed by atoms with van der Waals surface area (Å²) in [5, 5.41) is 7.89. The summed E-state index contributed by atoms with van der Waals surface area (Å²) in [7, 11) is 0. The molecule has 0 aliphatic rings. The maximum atomic E-state index is 10.9. The summed E-state index contributed by atoms with van der Waals surface area (Å²) in [5.74, 6) is -1.20. The molecule has 0 unspecified atom stereocenters. The minimum atomic E-state index is -0.935. The molecule has 0 aliphatic heterocycles. The summed E-state index contributed by atoms with van der Waals surface area (Å²) in [5.41, 5.74) is 0.656. The van der Waals surface area contributed by atoms with E-state index in [1.165, 1.54) is 26.2 Å². The zero-order chi connectivity index (χ0) is 15.3. The van der Waals surface area contributed by atoms with Crippen LogP contribution >= 0.6 is 0 Å². The molecule has 0 aromatic rings. The van der Waals surface area contributed by atoms with E-state index in [1.807, 2.05) is 0 Å². The van der Waals surface area contributed by atoms with Gasteiger partial charge in [-0.1, -0.05) is 45.8 Å². The Balaban J connectivity index is 0. The highest BCUT2D eigenvalue weighted by molar-refractivity contribution is 5.86. The largest absolute Gasteiger partial charge is 0.478 e. The van der Waals surface area contributed by atoms with E-state index in [4.69, 9.17) is 9.84 Å². The summed E-state index contributed by atoms with van der Waals surface area (Å²) in [6.45, 7) is 12.5. The van der Waals surface area contributed by atoms with Gasteiger partial charge in [0.2, 0.25) is 0 Å². The number of rotatable bonds is 8. The van der Waals surface area contributed by atoms with Crippen LogP contribution in [0.2, 0.25) is 0 Å². The number of esters is 1. The van der Waals surface area contributed by atoms with Crippen LogP contribution in [-0.2, 0) is 14.3 Å². The Morgan fingerprint density at radius 3 is 1.84 bits per heavy atom. The molecule has 0 aromatic carbocycles. The highest BCUT2D eigenvalue weighted by Gasteiger charge is 2.01. The number of aliphatic carboxylic acids is 1. The van der Waals surface area contributed by atoms with Crippen molar-refractivity contribution in [1.29, 1.82) is 0 Å². The van der Waals surface area contributed by atoms with Crippen LogP contribution in [0.1, 0.15) is 52.9 Å². The zero-order valence-electron chi connectivity index (χ0n) is 12.3. The van der Waals surface area contributed by atoms with Crippen LogP contribution in [0.3, 0.4) is 0 Å². The lowest BCUT2D eigenvalue weighted by molar-refractivity contribution is -0.139. The Labute approximate surface area is 116 Å². The molecule has 19 heavy (non-hydrogen) atoms. The molecule has 0 saturated carbocycles. The van der Waals surface area contributed by atoms with E-state index in [-0.39, 0.29) is 11.5 Å². The van der Waals surface area contributed by atoms with Gasteiger partial charge in [-0.2, -0.15) is 0 Å². The second-order valence-corrected chi connectivity index (χ2v) is 4.42. The normalized spacial score (nSPS) is 9.00. The van der Waals surface area contributed by atoms with Gasteiger partial charge < -0.3 is 9.84 Å². The maximum Gasteiger partial charge on any atom is 0.333 e. The van der Waals surface area contributed by atoms with Gasteiger partial charge in [-0.15, -0.1) is 0 Å². The summed E-state index contributed by atoms with van der Waals surface area (Å²) in [4.78, 5) is 20.5. The predicted molar refractivity (Wildman–Crippen MR) is 77.0 cm³/mol. The van der Waals surface area contributed by atoms with Gasteiger partial charge >= 0.3 is 11.9 Å². The minimum Gasteiger partial charge on any atom is -0.478 e. The van der Waals surface area contributed by atoms with E-state index in [9.17, 15) is 9.59 Å². The molecule has 0 heterocycles. The second kappa shape index (κ2) is 12.9. The van der Waals surface area contributed by atoms with E-state index in [1.54, 1.807) is 6.92 Å². The molecule has 1 N–H and O–H groups in total. The molecule has 0 fully saturated rings. The average Bonchev–Trinajstić information content (AvgIpc) is 2.33. The minimum absolute atomic E-state index is 0.176. The first-order chi connectivity index (χ1) is 8.82. The number of carbonyl (C=O) groups is 2. The first kappa shape index (κ1) is 19.8. The topological polar surface area (TPSA) is 63.6 Å². The van der Waals surface area contributed by atoms with Crippen LogP contribution in [0, 0.1) is 0 Å². The fraction of sp³-hybridized carbons (Fsp3) is 0.600. The van der Waals surface area contributed by atoms with Gasteiger partial charge in [0.1, 0.15) is 0 Å². The number of carbonyl (C=O) groups excluding carboxylic acids is 1. The van der Waals surface area contributed by atoms with E-state index < -0.39 is 5.97 Å². The summed E-state index contributed by atoms with van der Waals surface area (Å²) >= 11 is 0. The third-order valence-corrected chi connectivity index (χ3v) is 2.19. The fourth-order valence-corrected chi connectivity index (χ4v) is 0.994. The number of hydrogen-bond donors (Lipinski definition) is 1. The van der Waals surface area contributed by atoms with Crippen LogP contribution in [-0.4, -0.2) is 23.7 Å². The van der Waals surface area contributed by atoms with Crippen LogP contribution < -0.4 is 0 Å². The molecule has 4 nitrogen and oxygen atoms in total. The third kappa shape index (κ3) is 16.4. The zero-order valence-corrected chi connectivity index (χ0v) is 12.3. The molecule has 0 saturated heterocycles. The number of unbranched alkanes of at least 4 members (excludes halogenated alkanes) is 4. The van der Waals surface area contributed by atoms with Crippen LogP contribution in [0.5, 0.6) is 0 Å². The van der Waals surface area contributed by atoms with Crippen molar-refractivity contribution in [2.45, 2.75) is 52.9 Å². The first-order valence-electron chi connectivity index (χ1n) is 6.54. The average molecular weight is 270 g/mol. The van der Waals surface area contributed by atoms with Gasteiger partial charge in [-0.05, 0) is 20.3 Å². The molecule has 0 rings (SSSR count). The monoisotopic (exact) mass is 270 g/mol. The van der Waals surface area contributed by atoms with Gasteiger partial charge in [-0.3, -0.25) is 0 Å². The molecule has 0 spiro atoms. The van der Waals surface area contributed by atoms with Gasteiger partial charge in [-0.25, -0.2) is 9.59 Å². The quantitative estimate of drug-likeness (QED) is 0.415. The lowest BCUT2D eigenvalue weighted by atomic mass is 10.2. The molecule has 0 atom stereocenters. The van der Waals surface area contributed by atoms with Crippen molar-refractivity contribution < 1.29 is 19.4 Å². The van der Waals surface area contributed by atoms with Crippen molar-refractivity contribution >= 4 is 11.9 Å². The SMILES string of the molecule is C=C(C)C(=O)O.C=C(C)C(=O)OCCCCCCC. The Bertz CT molecular complexity index is 293. The molecule has 0 aromatic heterocycles. The smallest absolute Gasteiger partial charge is 0.333 e. The lowest BCUT2D eigenvalue weighted by Crippen LogP contribution is -2.05. The number of hydrogen-bond acceptors (Lipinski definition) is 3. The highest BCUT2D eigenvalue weighted by Crippen LogP contribution is 2.03. The van der Waals surface area contributed by atoms with Gasteiger partial charge in [0.25, 0.3) is 0 Å². The Morgan fingerprint density at radius 2 is 1.47 bits per heavy atom. The van der Waals surface area contributed by atoms with Crippen LogP contribution in [0.25, 0.3) is 0 Å². The number of carboxylic acid groups (broad SMARTS) is 1. The standard InChI is InChI=1S/C11H20O2.C4H6O2/c1-4-5-6-7-8-9-13-11(12)10(2)3;1-3(2)4(5)6/h2,4-9H2,1,3H3;1H2,2H3,(H,5,6). The van der Waals surface area contributed by atoms with E-state index in [0.29, 0.717) is 12.2 Å². The molecule has 0 bridgehead atoms. The van der Waals surface area contributed by atoms with Gasteiger partial charge in [0, 0.05) is 11.1 Å². The Morgan fingerprint density at radius 1 is 1.00 bits per heavy atom. The maximum absolute atomic E-state index is 10.9. The fourth-order valence-electron chi connectivity index (χ4n) is 0.994. The van der Waals surface area contributed by atoms with Gasteiger partial charge in [0.15, 0.2) is 0 Å². The van der Waals surface area contributed by atoms with Crippen molar-refractivity contribution in [3.63, 3.8) is 0 Å². The van der Waals surface area contributed by atoms with Crippen molar-refractivity contribution in [1.82, 2.24) is 0 Å². The first-order valence-corrected chi connectivity index (χ1v) is 6.54. The Kier molecular flexibility index (Phi) is 13.4. The lowest BCUT2D eigenvalue weighted by Gasteiger charge is -2.03.